The number of halogens is 1. The number of nitrogens with one attached hydrogen (secondary N) is 3. The number of amides is 1. The second kappa shape index (κ2) is 11.9. The number of thiophene rings is 1. The summed E-state index contributed by atoms with van der Waals surface area (Å²) in [6.45, 7) is 4.01. The summed E-state index contributed by atoms with van der Waals surface area (Å²) in [5.41, 5.74) is 0.848. The maximum absolute atomic E-state index is 11.9. The van der Waals surface area contributed by atoms with E-state index in [4.69, 9.17) is 4.42 Å². The van der Waals surface area contributed by atoms with Gasteiger partial charge in [0.25, 0.3) is 5.91 Å². The molecule has 25 heavy (non-hydrogen) atoms. The van der Waals surface area contributed by atoms with E-state index in [9.17, 15) is 4.79 Å². The van der Waals surface area contributed by atoms with Gasteiger partial charge in [-0.3, -0.25) is 9.79 Å². The molecule has 2 rings (SSSR count). The average molecular weight is 476 g/mol. The zero-order valence-corrected chi connectivity index (χ0v) is 17.6. The summed E-state index contributed by atoms with van der Waals surface area (Å²) in [4.78, 5) is 17.4. The third-order valence-corrected chi connectivity index (χ3v) is 4.40. The van der Waals surface area contributed by atoms with E-state index in [2.05, 4.69) is 38.5 Å². The first kappa shape index (κ1) is 21.5. The number of carbonyl (C=O) groups is 1. The van der Waals surface area contributed by atoms with Crippen LogP contribution in [0.5, 0.6) is 0 Å². The molecule has 2 heterocycles. The second-order valence-electron chi connectivity index (χ2n) is 5.30. The monoisotopic (exact) mass is 476 g/mol. The lowest BCUT2D eigenvalue weighted by molar-refractivity contribution is 0.0925. The quantitative estimate of drug-likeness (QED) is 0.237. The predicted molar refractivity (Wildman–Crippen MR) is 113 cm³/mol. The van der Waals surface area contributed by atoms with Crippen LogP contribution < -0.4 is 16.0 Å². The molecule has 2 aromatic heterocycles. The molecule has 1 amide bonds. The standard InChI is InChI=1S/C17H24N4O2S.HI/c1-13-7-11-23-15(13)16(22)19-8-4-9-20-17(18-2)21-10-6-14-5-3-12-24-14;/h3,5,7,11-12H,4,6,8-10H2,1-2H3,(H,19,22)(H2,18,20,21);1H. The molecule has 0 spiro atoms. The summed E-state index contributed by atoms with van der Waals surface area (Å²) in [5.74, 6) is 0.990. The first-order valence-electron chi connectivity index (χ1n) is 8.00. The lowest BCUT2D eigenvalue weighted by Gasteiger charge is -2.11. The predicted octanol–water partition coefficient (Wildman–Crippen LogP) is 2.80. The molecular weight excluding hydrogens is 451 g/mol. The fourth-order valence-electron chi connectivity index (χ4n) is 2.16. The van der Waals surface area contributed by atoms with Gasteiger partial charge < -0.3 is 20.4 Å². The van der Waals surface area contributed by atoms with Crippen molar-refractivity contribution in [1.29, 1.82) is 0 Å². The fourth-order valence-corrected chi connectivity index (χ4v) is 2.87. The molecular formula is C17H25IN4O2S. The Morgan fingerprint density at radius 1 is 1.20 bits per heavy atom. The van der Waals surface area contributed by atoms with E-state index < -0.39 is 0 Å². The van der Waals surface area contributed by atoms with Crippen molar-refractivity contribution in [2.75, 3.05) is 26.7 Å². The van der Waals surface area contributed by atoms with E-state index in [1.165, 1.54) is 11.1 Å². The van der Waals surface area contributed by atoms with Gasteiger partial charge >= 0.3 is 0 Å². The van der Waals surface area contributed by atoms with Crippen LogP contribution in [-0.4, -0.2) is 38.5 Å². The molecule has 0 aliphatic heterocycles. The Kier molecular flexibility index (Phi) is 10.2. The highest BCUT2D eigenvalue weighted by Crippen LogP contribution is 2.08. The Balaban J connectivity index is 0.00000312. The summed E-state index contributed by atoms with van der Waals surface area (Å²) in [6, 6.07) is 5.97. The molecule has 3 N–H and O–H groups in total. The molecule has 0 saturated heterocycles. The Labute approximate surface area is 169 Å². The van der Waals surface area contributed by atoms with Gasteiger partial charge in [-0.05, 0) is 37.3 Å². The number of nitrogens with zero attached hydrogens (tertiary/aromatic N) is 1. The molecule has 6 nitrogen and oxygen atoms in total. The zero-order chi connectivity index (χ0) is 17.2. The number of rotatable bonds is 8. The summed E-state index contributed by atoms with van der Waals surface area (Å²) >= 11 is 1.76. The summed E-state index contributed by atoms with van der Waals surface area (Å²) in [7, 11) is 1.75. The molecule has 0 aliphatic rings. The normalized spacial score (nSPS) is 10.9. The van der Waals surface area contributed by atoms with Crippen molar-refractivity contribution < 1.29 is 9.21 Å². The van der Waals surface area contributed by atoms with Crippen molar-refractivity contribution in [3.8, 4) is 0 Å². The third-order valence-electron chi connectivity index (χ3n) is 3.47. The van der Waals surface area contributed by atoms with Gasteiger partial charge in [0.05, 0.1) is 6.26 Å². The SMILES string of the molecule is CN=C(NCCCNC(=O)c1occc1C)NCCc1cccs1.I. The topological polar surface area (TPSA) is 78.7 Å². The van der Waals surface area contributed by atoms with Crippen molar-refractivity contribution in [3.63, 3.8) is 0 Å². The van der Waals surface area contributed by atoms with Crippen molar-refractivity contribution in [3.05, 3.63) is 46.0 Å². The van der Waals surface area contributed by atoms with Crippen molar-refractivity contribution in [2.24, 2.45) is 4.99 Å². The lowest BCUT2D eigenvalue weighted by atomic mass is 10.2. The average Bonchev–Trinajstić information content (AvgIpc) is 3.24. The maximum atomic E-state index is 11.9. The minimum Gasteiger partial charge on any atom is -0.459 e. The Morgan fingerprint density at radius 3 is 2.60 bits per heavy atom. The molecule has 0 atom stereocenters. The van der Waals surface area contributed by atoms with E-state index in [1.54, 1.807) is 24.5 Å². The van der Waals surface area contributed by atoms with Gasteiger partial charge in [-0.1, -0.05) is 6.07 Å². The molecule has 0 aliphatic carbocycles. The number of aliphatic imine (C=N–C) groups is 1. The molecule has 0 unspecified atom stereocenters. The second-order valence-corrected chi connectivity index (χ2v) is 6.33. The van der Waals surface area contributed by atoms with Gasteiger partial charge in [0, 0.05) is 37.1 Å². The maximum Gasteiger partial charge on any atom is 0.287 e. The number of hydrogen-bond acceptors (Lipinski definition) is 4. The molecule has 0 saturated carbocycles. The molecule has 0 radical (unpaired) electrons. The van der Waals surface area contributed by atoms with Crippen molar-refractivity contribution in [1.82, 2.24) is 16.0 Å². The van der Waals surface area contributed by atoms with E-state index in [0.717, 1.165) is 37.5 Å². The first-order valence-corrected chi connectivity index (χ1v) is 8.88. The van der Waals surface area contributed by atoms with Gasteiger partial charge in [0.15, 0.2) is 11.7 Å². The summed E-state index contributed by atoms with van der Waals surface area (Å²) in [6.07, 6.45) is 3.31. The fraction of sp³-hybridized carbons (Fsp3) is 0.412. The van der Waals surface area contributed by atoms with E-state index in [0.29, 0.717) is 12.3 Å². The molecule has 2 aromatic rings. The minimum atomic E-state index is -0.170. The highest BCUT2D eigenvalue weighted by Gasteiger charge is 2.11. The molecule has 0 aromatic carbocycles. The Morgan fingerprint density at radius 2 is 1.96 bits per heavy atom. The van der Waals surface area contributed by atoms with Crippen LogP contribution in [0.3, 0.4) is 0 Å². The third kappa shape index (κ3) is 7.47. The summed E-state index contributed by atoms with van der Waals surface area (Å²) < 4.78 is 5.16. The van der Waals surface area contributed by atoms with Crippen LogP contribution in [0.25, 0.3) is 0 Å². The van der Waals surface area contributed by atoms with Crippen LogP contribution in [0, 0.1) is 6.92 Å². The van der Waals surface area contributed by atoms with Gasteiger partial charge in [-0.2, -0.15) is 0 Å². The zero-order valence-electron chi connectivity index (χ0n) is 14.5. The lowest BCUT2D eigenvalue weighted by Crippen LogP contribution is -2.39. The molecule has 0 fully saturated rings. The number of aryl methyl sites for hydroxylation is 1. The van der Waals surface area contributed by atoms with Crippen LogP contribution in [0.2, 0.25) is 0 Å². The minimum absolute atomic E-state index is 0. The van der Waals surface area contributed by atoms with Crippen molar-refractivity contribution >= 4 is 47.2 Å². The van der Waals surface area contributed by atoms with Crippen LogP contribution in [-0.2, 0) is 6.42 Å². The van der Waals surface area contributed by atoms with E-state index in [-0.39, 0.29) is 29.9 Å². The number of guanidine groups is 1. The smallest absolute Gasteiger partial charge is 0.287 e. The molecule has 138 valence electrons. The molecule has 0 bridgehead atoms. The van der Waals surface area contributed by atoms with E-state index in [1.807, 2.05) is 6.92 Å². The number of carbonyl (C=O) groups excluding carboxylic acids is 1. The van der Waals surface area contributed by atoms with Gasteiger partial charge in [-0.15, -0.1) is 35.3 Å². The van der Waals surface area contributed by atoms with Crippen molar-refractivity contribution in [2.45, 2.75) is 19.8 Å². The number of furan rings is 1. The first-order chi connectivity index (χ1) is 11.7. The van der Waals surface area contributed by atoms with Crippen LogP contribution in [0.4, 0.5) is 0 Å². The van der Waals surface area contributed by atoms with Crippen LogP contribution in [0.15, 0.2) is 39.3 Å². The highest BCUT2D eigenvalue weighted by atomic mass is 127. The van der Waals surface area contributed by atoms with Crippen LogP contribution >= 0.6 is 35.3 Å². The number of hydrogen-bond donors (Lipinski definition) is 3. The van der Waals surface area contributed by atoms with Crippen LogP contribution in [0.1, 0.15) is 27.4 Å². The van der Waals surface area contributed by atoms with Gasteiger partial charge in [0.1, 0.15) is 0 Å². The Hall–Kier alpha value is -1.55. The van der Waals surface area contributed by atoms with Gasteiger partial charge in [0.2, 0.25) is 0 Å². The largest absolute Gasteiger partial charge is 0.459 e. The highest BCUT2D eigenvalue weighted by molar-refractivity contribution is 14.0. The van der Waals surface area contributed by atoms with Gasteiger partial charge in [-0.25, -0.2) is 0 Å². The summed E-state index contributed by atoms with van der Waals surface area (Å²) in [5, 5.41) is 11.4. The Bertz CT molecular complexity index is 655. The van der Waals surface area contributed by atoms with E-state index >= 15 is 0 Å². The molecule has 8 heteroatoms.